The van der Waals surface area contributed by atoms with Gasteiger partial charge in [-0.2, -0.15) is 0 Å². The smallest absolute Gasteiger partial charge is 0.141 e. The zero-order valence-corrected chi connectivity index (χ0v) is 11.0. The molecule has 0 heterocycles. The van der Waals surface area contributed by atoms with Crippen LogP contribution in [0.4, 0.5) is 0 Å². The van der Waals surface area contributed by atoms with Crippen molar-refractivity contribution in [3.63, 3.8) is 0 Å². The van der Waals surface area contributed by atoms with Gasteiger partial charge in [-0.15, -0.1) is 0 Å². The maximum absolute atomic E-state index is 11.9. The highest BCUT2D eigenvalue weighted by Crippen LogP contribution is 2.17. The minimum absolute atomic E-state index is 0.239. The van der Waals surface area contributed by atoms with Crippen LogP contribution >= 0.6 is 15.9 Å². The first-order valence-electron chi connectivity index (χ1n) is 5.55. The summed E-state index contributed by atoms with van der Waals surface area (Å²) in [7, 11) is 0. The zero-order valence-electron chi connectivity index (χ0n) is 9.40. The quantitative estimate of drug-likeness (QED) is 0.836. The summed E-state index contributed by atoms with van der Waals surface area (Å²) in [4.78, 5) is 11.9. The van der Waals surface area contributed by atoms with Gasteiger partial charge in [-0.3, -0.25) is 4.79 Å². The molecule has 2 heteroatoms. The van der Waals surface area contributed by atoms with E-state index in [1.54, 1.807) is 0 Å². The summed E-state index contributed by atoms with van der Waals surface area (Å²) in [6.07, 6.45) is 0.985. The van der Waals surface area contributed by atoms with Crippen molar-refractivity contribution in [3.8, 4) is 0 Å². The molecule has 0 amide bonds. The van der Waals surface area contributed by atoms with Gasteiger partial charge in [0.05, 0.1) is 0 Å². The molecule has 0 N–H and O–H groups in total. The SMILES string of the molecule is O=C(Cc1ccccc1)Cc1ccccc1Br. The van der Waals surface area contributed by atoms with Crippen molar-refractivity contribution in [2.45, 2.75) is 12.8 Å². The lowest BCUT2D eigenvalue weighted by atomic mass is 10.0. The van der Waals surface area contributed by atoms with Gasteiger partial charge in [-0.25, -0.2) is 0 Å². The number of hydrogen-bond acceptors (Lipinski definition) is 1. The van der Waals surface area contributed by atoms with Crippen molar-refractivity contribution in [2.75, 3.05) is 0 Å². The first-order chi connectivity index (χ1) is 8.25. The average Bonchev–Trinajstić information content (AvgIpc) is 2.33. The third-order valence-electron chi connectivity index (χ3n) is 2.59. The lowest BCUT2D eigenvalue weighted by Crippen LogP contribution is -2.06. The van der Waals surface area contributed by atoms with E-state index in [4.69, 9.17) is 0 Å². The molecule has 0 fully saturated rings. The van der Waals surface area contributed by atoms with E-state index in [0.717, 1.165) is 15.6 Å². The van der Waals surface area contributed by atoms with Crippen LogP contribution in [0.1, 0.15) is 11.1 Å². The van der Waals surface area contributed by atoms with E-state index in [1.165, 1.54) is 0 Å². The van der Waals surface area contributed by atoms with E-state index in [-0.39, 0.29) is 5.78 Å². The van der Waals surface area contributed by atoms with Crippen LogP contribution in [0, 0.1) is 0 Å². The number of ketones is 1. The highest BCUT2D eigenvalue weighted by atomic mass is 79.9. The predicted octanol–water partition coefficient (Wildman–Crippen LogP) is 3.80. The summed E-state index contributed by atoms with van der Waals surface area (Å²) in [5.74, 6) is 0.239. The van der Waals surface area contributed by atoms with E-state index >= 15 is 0 Å². The van der Waals surface area contributed by atoms with Crippen molar-refractivity contribution in [1.29, 1.82) is 0 Å². The van der Waals surface area contributed by atoms with Gasteiger partial charge < -0.3 is 0 Å². The van der Waals surface area contributed by atoms with Gasteiger partial charge in [0.25, 0.3) is 0 Å². The Kier molecular flexibility index (Phi) is 4.10. The Morgan fingerprint density at radius 3 is 2.24 bits per heavy atom. The second-order valence-electron chi connectivity index (χ2n) is 3.97. The van der Waals surface area contributed by atoms with Gasteiger partial charge in [0.15, 0.2) is 0 Å². The second-order valence-corrected chi connectivity index (χ2v) is 4.82. The molecule has 0 spiro atoms. The van der Waals surface area contributed by atoms with Gasteiger partial charge in [0.1, 0.15) is 5.78 Å². The molecule has 2 aromatic rings. The number of benzene rings is 2. The van der Waals surface area contributed by atoms with Crippen molar-refractivity contribution in [1.82, 2.24) is 0 Å². The number of carbonyl (C=O) groups excluding carboxylic acids is 1. The first kappa shape index (κ1) is 12.1. The number of rotatable bonds is 4. The van der Waals surface area contributed by atoms with Crippen LogP contribution in [0.3, 0.4) is 0 Å². The summed E-state index contributed by atoms with van der Waals surface area (Å²) >= 11 is 3.46. The summed E-state index contributed by atoms with van der Waals surface area (Å²) in [5, 5.41) is 0. The molecular formula is C15H13BrO. The maximum atomic E-state index is 11.9. The third kappa shape index (κ3) is 3.53. The number of Topliss-reactive ketones (excluding diaryl/α,β-unsaturated/α-hetero) is 1. The van der Waals surface area contributed by atoms with Crippen molar-refractivity contribution >= 4 is 21.7 Å². The second kappa shape index (κ2) is 5.78. The fourth-order valence-corrected chi connectivity index (χ4v) is 2.17. The topological polar surface area (TPSA) is 17.1 Å². The van der Waals surface area contributed by atoms with Crippen LogP contribution in [-0.4, -0.2) is 5.78 Å². The largest absolute Gasteiger partial charge is 0.299 e. The minimum atomic E-state index is 0.239. The molecule has 0 radical (unpaired) electrons. The maximum Gasteiger partial charge on any atom is 0.141 e. The number of halogens is 1. The van der Waals surface area contributed by atoms with E-state index in [2.05, 4.69) is 15.9 Å². The summed E-state index contributed by atoms with van der Waals surface area (Å²) < 4.78 is 1.00. The Hall–Kier alpha value is -1.41. The lowest BCUT2D eigenvalue weighted by Gasteiger charge is -2.03. The Balaban J connectivity index is 2.01. The van der Waals surface area contributed by atoms with E-state index in [0.29, 0.717) is 12.8 Å². The van der Waals surface area contributed by atoms with Gasteiger partial charge in [0.2, 0.25) is 0 Å². The summed E-state index contributed by atoms with van der Waals surface area (Å²) in [6.45, 7) is 0. The van der Waals surface area contributed by atoms with Gasteiger partial charge in [-0.1, -0.05) is 64.5 Å². The van der Waals surface area contributed by atoms with Crippen molar-refractivity contribution < 1.29 is 4.79 Å². The molecule has 2 rings (SSSR count). The van der Waals surface area contributed by atoms with Gasteiger partial charge in [-0.05, 0) is 17.2 Å². The molecule has 0 aliphatic carbocycles. The van der Waals surface area contributed by atoms with Crippen LogP contribution in [-0.2, 0) is 17.6 Å². The minimum Gasteiger partial charge on any atom is -0.299 e. The molecule has 0 aliphatic rings. The van der Waals surface area contributed by atoms with Crippen molar-refractivity contribution in [2.24, 2.45) is 0 Å². The molecule has 0 aliphatic heterocycles. The fourth-order valence-electron chi connectivity index (χ4n) is 1.74. The molecule has 17 heavy (non-hydrogen) atoms. The Morgan fingerprint density at radius 1 is 0.882 bits per heavy atom. The summed E-state index contributed by atoms with van der Waals surface area (Å²) in [5.41, 5.74) is 2.12. The molecule has 0 aromatic heterocycles. The molecular weight excluding hydrogens is 276 g/mol. The van der Waals surface area contributed by atoms with Crippen LogP contribution in [0.2, 0.25) is 0 Å². The highest BCUT2D eigenvalue weighted by Gasteiger charge is 2.07. The highest BCUT2D eigenvalue weighted by molar-refractivity contribution is 9.10. The third-order valence-corrected chi connectivity index (χ3v) is 3.36. The fraction of sp³-hybridized carbons (Fsp3) is 0.133. The van der Waals surface area contributed by atoms with Crippen LogP contribution in [0.15, 0.2) is 59.1 Å². The van der Waals surface area contributed by atoms with Gasteiger partial charge >= 0.3 is 0 Å². The van der Waals surface area contributed by atoms with Crippen LogP contribution in [0.25, 0.3) is 0 Å². The molecule has 0 saturated heterocycles. The zero-order chi connectivity index (χ0) is 12.1. The molecule has 2 aromatic carbocycles. The van der Waals surface area contributed by atoms with Crippen LogP contribution < -0.4 is 0 Å². The number of hydrogen-bond donors (Lipinski definition) is 0. The summed E-state index contributed by atoms with van der Waals surface area (Å²) in [6, 6.07) is 17.7. The van der Waals surface area contributed by atoms with E-state index in [9.17, 15) is 4.79 Å². The monoisotopic (exact) mass is 288 g/mol. The first-order valence-corrected chi connectivity index (χ1v) is 6.34. The van der Waals surface area contributed by atoms with E-state index in [1.807, 2.05) is 54.6 Å². The Bertz CT molecular complexity index is 505. The normalized spacial score (nSPS) is 10.2. The van der Waals surface area contributed by atoms with Gasteiger partial charge in [0, 0.05) is 17.3 Å². The predicted molar refractivity (Wildman–Crippen MR) is 73.0 cm³/mol. The van der Waals surface area contributed by atoms with Crippen molar-refractivity contribution in [3.05, 3.63) is 70.2 Å². The van der Waals surface area contributed by atoms with Crippen LogP contribution in [0.5, 0.6) is 0 Å². The molecule has 0 bridgehead atoms. The molecule has 0 unspecified atom stereocenters. The average molecular weight is 289 g/mol. The Labute approximate surface area is 110 Å². The molecule has 0 saturated carbocycles. The Morgan fingerprint density at radius 2 is 1.53 bits per heavy atom. The van der Waals surface area contributed by atoms with E-state index < -0.39 is 0 Å². The molecule has 0 atom stereocenters. The molecule has 1 nitrogen and oxygen atoms in total. The lowest BCUT2D eigenvalue weighted by molar-refractivity contribution is -0.117. The number of carbonyl (C=O) groups is 1. The standard InChI is InChI=1S/C15H13BrO/c16-15-9-5-4-8-13(15)11-14(17)10-12-6-2-1-3-7-12/h1-9H,10-11H2. The molecule has 86 valence electrons.